The number of amides is 2. The SMILES string of the molecule is COC(=O)C[C@@H](C)C(=O)N1CCC(c2nc(C(=O)Nc3ccc(F)cc3-c3ccc(Cl)cc3)cs2)CC1. The van der Waals surface area contributed by atoms with Gasteiger partial charge in [-0.15, -0.1) is 11.3 Å². The summed E-state index contributed by atoms with van der Waals surface area (Å²) in [5, 5.41) is 5.97. The molecule has 0 saturated carbocycles. The first-order chi connectivity index (χ1) is 17.7. The molecule has 1 aliphatic heterocycles. The average molecular weight is 544 g/mol. The number of ether oxygens (including phenoxy) is 1. The van der Waals surface area contributed by atoms with Gasteiger partial charge >= 0.3 is 5.97 Å². The number of carbonyl (C=O) groups excluding carboxylic acids is 3. The van der Waals surface area contributed by atoms with Crippen LogP contribution in [0.15, 0.2) is 47.8 Å². The Bertz CT molecular complexity index is 1290. The number of nitrogens with zero attached hydrogens (tertiary/aromatic N) is 2. The van der Waals surface area contributed by atoms with E-state index in [0.717, 1.165) is 23.4 Å². The van der Waals surface area contributed by atoms with Crippen LogP contribution < -0.4 is 5.32 Å². The van der Waals surface area contributed by atoms with Gasteiger partial charge in [0, 0.05) is 46.6 Å². The van der Waals surface area contributed by atoms with E-state index >= 15 is 0 Å². The minimum Gasteiger partial charge on any atom is -0.469 e. The number of piperidine rings is 1. The van der Waals surface area contributed by atoms with Crippen molar-refractivity contribution in [3.63, 3.8) is 0 Å². The van der Waals surface area contributed by atoms with Gasteiger partial charge in [-0.2, -0.15) is 0 Å². The number of aromatic nitrogens is 1. The van der Waals surface area contributed by atoms with Crippen molar-refractivity contribution in [2.24, 2.45) is 5.92 Å². The van der Waals surface area contributed by atoms with Crippen LogP contribution in [0.4, 0.5) is 10.1 Å². The normalized spacial score (nSPS) is 14.8. The topological polar surface area (TPSA) is 88.6 Å². The van der Waals surface area contributed by atoms with E-state index < -0.39 is 17.7 Å². The van der Waals surface area contributed by atoms with Crippen LogP contribution in [0.25, 0.3) is 11.1 Å². The maximum Gasteiger partial charge on any atom is 0.306 e. The summed E-state index contributed by atoms with van der Waals surface area (Å²) in [6.45, 7) is 2.86. The molecule has 2 heterocycles. The smallest absolute Gasteiger partial charge is 0.306 e. The zero-order valence-corrected chi connectivity index (χ0v) is 22.1. The molecule has 0 spiro atoms. The number of hydrogen-bond donors (Lipinski definition) is 1. The third kappa shape index (κ3) is 6.53. The lowest BCUT2D eigenvalue weighted by molar-refractivity contribution is -0.146. The highest BCUT2D eigenvalue weighted by molar-refractivity contribution is 7.10. The third-order valence-corrected chi connectivity index (χ3v) is 7.68. The van der Waals surface area contributed by atoms with E-state index in [0.29, 0.717) is 29.4 Å². The Morgan fingerprint density at radius 1 is 1.19 bits per heavy atom. The van der Waals surface area contributed by atoms with E-state index in [2.05, 4.69) is 15.0 Å². The fourth-order valence-corrected chi connectivity index (χ4v) is 5.44. The summed E-state index contributed by atoms with van der Waals surface area (Å²) in [5.41, 5.74) is 2.02. The van der Waals surface area contributed by atoms with Crippen LogP contribution >= 0.6 is 22.9 Å². The summed E-state index contributed by atoms with van der Waals surface area (Å²) >= 11 is 7.39. The third-order valence-electron chi connectivity index (χ3n) is 6.42. The van der Waals surface area contributed by atoms with Gasteiger partial charge in [-0.1, -0.05) is 30.7 Å². The predicted octanol–water partition coefficient (Wildman–Crippen LogP) is 5.76. The molecule has 1 atom stereocenters. The number of nitrogens with one attached hydrogen (secondary N) is 1. The van der Waals surface area contributed by atoms with Gasteiger partial charge in [0.15, 0.2) is 0 Å². The molecule has 3 aromatic rings. The second-order valence-corrected chi connectivity index (χ2v) is 10.3. The summed E-state index contributed by atoms with van der Waals surface area (Å²) in [5.74, 6) is -1.54. The first-order valence-corrected chi connectivity index (χ1v) is 13.2. The van der Waals surface area contributed by atoms with Crippen molar-refractivity contribution in [1.82, 2.24) is 9.88 Å². The van der Waals surface area contributed by atoms with Gasteiger partial charge in [-0.3, -0.25) is 14.4 Å². The Hall–Kier alpha value is -3.30. The van der Waals surface area contributed by atoms with Crippen molar-refractivity contribution in [2.75, 3.05) is 25.5 Å². The molecule has 4 rings (SSSR count). The van der Waals surface area contributed by atoms with Crippen molar-refractivity contribution in [3.05, 3.63) is 69.4 Å². The zero-order valence-electron chi connectivity index (χ0n) is 20.5. The number of esters is 1. The number of carbonyl (C=O) groups is 3. The molecule has 37 heavy (non-hydrogen) atoms. The van der Waals surface area contributed by atoms with Gasteiger partial charge in [0.05, 0.1) is 18.5 Å². The molecule has 1 fully saturated rings. The average Bonchev–Trinajstić information content (AvgIpc) is 3.40. The molecule has 0 unspecified atom stereocenters. The van der Waals surface area contributed by atoms with Crippen LogP contribution in [-0.2, 0) is 14.3 Å². The van der Waals surface area contributed by atoms with E-state index in [-0.39, 0.29) is 29.8 Å². The van der Waals surface area contributed by atoms with Crippen LogP contribution in [0, 0.1) is 11.7 Å². The Labute approximate surface area is 223 Å². The molecule has 0 radical (unpaired) electrons. The van der Waals surface area contributed by atoms with Crippen LogP contribution in [0.3, 0.4) is 0 Å². The molecule has 1 aliphatic rings. The first-order valence-electron chi connectivity index (χ1n) is 11.9. The van der Waals surface area contributed by atoms with Crippen molar-refractivity contribution in [3.8, 4) is 11.1 Å². The second kappa shape index (κ2) is 11.8. The highest BCUT2D eigenvalue weighted by atomic mass is 35.5. The second-order valence-electron chi connectivity index (χ2n) is 9.00. The molecule has 1 saturated heterocycles. The van der Waals surface area contributed by atoms with Gasteiger partial charge in [-0.05, 0) is 48.7 Å². The van der Waals surface area contributed by atoms with Crippen molar-refractivity contribution in [2.45, 2.75) is 32.1 Å². The minimum absolute atomic E-state index is 0.0566. The van der Waals surface area contributed by atoms with E-state index in [1.54, 1.807) is 41.5 Å². The number of thiazole rings is 1. The quantitative estimate of drug-likeness (QED) is 0.383. The fourth-order valence-electron chi connectivity index (χ4n) is 4.34. The largest absolute Gasteiger partial charge is 0.469 e. The highest BCUT2D eigenvalue weighted by Crippen LogP contribution is 2.33. The van der Waals surface area contributed by atoms with Crippen molar-refractivity contribution >= 4 is 46.4 Å². The summed E-state index contributed by atoms with van der Waals surface area (Å²) in [7, 11) is 1.31. The zero-order chi connectivity index (χ0) is 26.5. The van der Waals surface area contributed by atoms with E-state index in [1.165, 1.54) is 36.6 Å². The molecule has 0 bridgehead atoms. The Kier molecular flexibility index (Phi) is 8.56. The molecule has 7 nitrogen and oxygen atoms in total. The Balaban J connectivity index is 1.39. The maximum atomic E-state index is 14.0. The number of rotatable bonds is 7. The standard InChI is InChI=1S/C27H27ClFN3O4S/c1-16(13-24(33)36-2)27(35)32-11-9-18(10-12-32)26-31-23(15-37-26)25(34)30-22-8-7-20(29)14-21(22)17-3-5-19(28)6-4-17/h3-8,14-16,18H,9-13H2,1-2H3,(H,30,34)/t16-/m1/s1. The van der Waals surface area contributed by atoms with Crippen LogP contribution in [0.2, 0.25) is 5.02 Å². The number of anilines is 1. The molecule has 1 aromatic heterocycles. The van der Waals surface area contributed by atoms with Gasteiger partial charge in [0.1, 0.15) is 11.5 Å². The summed E-state index contributed by atoms with van der Waals surface area (Å²) in [6, 6.07) is 11.1. The minimum atomic E-state index is -0.427. The number of likely N-dealkylation sites (tertiary alicyclic amines) is 1. The maximum absolute atomic E-state index is 14.0. The lowest BCUT2D eigenvalue weighted by atomic mass is 9.96. The number of hydrogen-bond acceptors (Lipinski definition) is 6. The molecule has 2 amide bonds. The number of halogens is 2. The lowest BCUT2D eigenvalue weighted by Gasteiger charge is -2.32. The van der Waals surface area contributed by atoms with Crippen molar-refractivity contribution in [1.29, 1.82) is 0 Å². The van der Waals surface area contributed by atoms with E-state index in [1.807, 2.05) is 0 Å². The summed E-state index contributed by atoms with van der Waals surface area (Å²) in [4.78, 5) is 43.5. The molecule has 194 valence electrons. The van der Waals surface area contributed by atoms with E-state index in [9.17, 15) is 18.8 Å². The lowest BCUT2D eigenvalue weighted by Crippen LogP contribution is -2.41. The van der Waals surface area contributed by atoms with Crippen molar-refractivity contribution < 1.29 is 23.5 Å². The molecule has 0 aliphatic carbocycles. The molecule has 1 N–H and O–H groups in total. The van der Waals surface area contributed by atoms with Gasteiger partial charge < -0.3 is 15.0 Å². The monoisotopic (exact) mass is 543 g/mol. The van der Waals surface area contributed by atoms with Crippen LogP contribution in [-0.4, -0.2) is 47.9 Å². The van der Waals surface area contributed by atoms with Crippen LogP contribution in [0.5, 0.6) is 0 Å². The highest BCUT2D eigenvalue weighted by Gasteiger charge is 2.29. The number of benzene rings is 2. The predicted molar refractivity (Wildman–Crippen MR) is 141 cm³/mol. The fraction of sp³-hybridized carbons (Fsp3) is 0.333. The molecular formula is C27H27ClFN3O4S. The molecular weight excluding hydrogens is 517 g/mol. The summed E-state index contributed by atoms with van der Waals surface area (Å²) in [6.07, 6.45) is 1.52. The van der Waals surface area contributed by atoms with Crippen LogP contribution in [0.1, 0.15) is 47.6 Å². The first kappa shape index (κ1) is 26.8. The Morgan fingerprint density at radius 3 is 2.57 bits per heavy atom. The Morgan fingerprint density at radius 2 is 1.89 bits per heavy atom. The van der Waals surface area contributed by atoms with Gasteiger partial charge in [0.2, 0.25) is 5.91 Å². The van der Waals surface area contributed by atoms with Gasteiger partial charge in [0.25, 0.3) is 5.91 Å². The molecule has 10 heteroatoms. The van der Waals surface area contributed by atoms with E-state index in [4.69, 9.17) is 11.6 Å². The number of methoxy groups -OCH3 is 1. The molecule has 2 aromatic carbocycles. The summed E-state index contributed by atoms with van der Waals surface area (Å²) < 4.78 is 18.6. The van der Waals surface area contributed by atoms with Gasteiger partial charge in [-0.25, -0.2) is 9.37 Å².